The maximum Gasteiger partial charge on any atom is 0.274 e. The predicted octanol–water partition coefficient (Wildman–Crippen LogP) is 4.97. The molecule has 3 aromatic rings. The van der Waals surface area contributed by atoms with Crippen molar-refractivity contribution in [2.75, 3.05) is 5.32 Å². The Balaban J connectivity index is 1.67. The van der Waals surface area contributed by atoms with Crippen molar-refractivity contribution >= 4 is 29.6 Å². The highest BCUT2D eigenvalue weighted by atomic mass is 16.2. The summed E-state index contributed by atoms with van der Waals surface area (Å²) in [6.07, 6.45) is 7.09. The van der Waals surface area contributed by atoms with Crippen LogP contribution in [-0.4, -0.2) is 16.7 Å². The van der Waals surface area contributed by atoms with Gasteiger partial charge in [0.15, 0.2) is 0 Å². The zero-order valence-electron chi connectivity index (χ0n) is 15.9. The number of anilines is 1. The van der Waals surface area contributed by atoms with Crippen LogP contribution in [0.15, 0.2) is 71.7 Å². The van der Waals surface area contributed by atoms with Crippen LogP contribution in [0, 0.1) is 11.3 Å². The zero-order valence-corrected chi connectivity index (χ0v) is 15.9. The van der Waals surface area contributed by atoms with Crippen molar-refractivity contribution in [3.8, 4) is 6.07 Å². The number of allylic oxidation sites excluding steroid dienone is 1. The molecular weight excluding hydrogens is 360 g/mol. The molecule has 0 radical (unpaired) electrons. The van der Waals surface area contributed by atoms with E-state index in [2.05, 4.69) is 16.4 Å². The fraction of sp³-hybridized carbons (Fsp3) is 0.125. The lowest BCUT2D eigenvalue weighted by atomic mass is 10.1. The monoisotopic (exact) mass is 380 g/mol. The Morgan fingerprint density at radius 1 is 1.10 bits per heavy atom. The van der Waals surface area contributed by atoms with Crippen LogP contribution in [0.25, 0.3) is 6.08 Å². The highest BCUT2D eigenvalue weighted by Crippen LogP contribution is 2.35. The zero-order chi connectivity index (χ0) is 20.1. The number of benzene rings is 2. The summed E-state index contributed by atoms with van der Waals surface area (Å²) in [5.74, 6) is -0.250. The molecule has 0 fully saturated rings. The first kappa shape index (κ1) is 18.5. The van der Waals surface area contributed by atoms with Crippen molar-refractivity contribution < 1.29 is 4.79 Å². The second-order valence-electron chi connectivity index (χ2n) is 6.75. The Bertz CT molecular complexity index is 1120. The first-order chi connectivity index (χ1) is 14.3. The molecule has 0 atom stereocenters. The molecule has 0 aliphatic carbocycles. The van der Waals surface area contributed by atoms with Gasteiger partial charge < -0.3 is 9.88 Å². The number of hydrogen-bond donors (Lipinski definition) is 1. The van der Waals surface area contributed by atoms with Crippen LogP contribution in [0.2, 0.25) is 0 Å². The van der Waals surface area contributed by atoms with Crippen molar-refractivity contribution in [1.82, 2.24) is 4.57 Å². The van der Waals surface area contributed by atoms with Gasteiger partial charge >= 0.3 is 0 Å². The van der Waals surface area contributed by atoms with Gasteiger partial charge in [-0.05, 0) is 36.6 Å². The van der Waals surface area contributed by atoms with Crippen molar-refractivity contribution in [1.29, 1.82) is 5.26 Å². The summed E-state index contributed by atoms with van der Waals surface area (Å²) in [5, 5.41) is 12.6. The van der Waals surface area contributed by atoms with Gasteiger partial charge in [-0.2, -0.15) is 5.26 Å². The minimum atomic E-state index is -0.250. The molecule has 2 heterocycles. The molecule has 4 rings (SSSR count). The van der Waals surface area contributed by atoms with Crippen LogP contribution in [-0.2, 0) is 13.0 Å². The fourth-order valence-corrected chi connectivity index (χ4v) is 3.59. The van der Waals surface area contributed by atoms with Gasteiger partial charge in [0.05, 0.1) is 5.56 Å². The van der Waals surface area contributed by atoms with Gasteiger partial charge in [-0.1, -0.05) is 54.6 Å². The number of hydrogen-bond acceptors (Lipinski definition) is 3. The van der Waals surface area contributed by atoms with Crippen LogP contribution in [0.3, 0.4) is 0 Å². The van der Waals surface area contributed by atoms with Gasteiger partial charge in [-0.25, -0.2) is 0 Å². The lowest BCUT2D eigenvalue weighted by Gasteiger charge is -2.08. The lowest BCUT2D eigenvalue weighted by molar-refractivity contribution is 0.101. The standard InChI is InChI=1S/C24H20N4O/c25-17-20-21-14-8-16-28(21)23(24(29)27-19-12-5-2-6-13-19)22(20)26-15-7-11-18-9-3-1-4-10-18/h1-7,9-13,15H,8,14,16H2,(H,27,29)/b11-7+,26-15?. The summed E-state index contributed by atoms with van der Waals surface area (Å²) >= 11 is 0. The Hall–Kier alpha value is -3.91. The maximum atomic E-state index is 13.0. The number of aromatic nitrogens is 1. The minimum Gasteiger partial charge on any atom is -0.337 e. The summed E-state index contributed by atoms with van der Waals surface area (Å²) in [6.45, 7) is 0.719. The molecule has 0 saturated heterocycles. The van der Waals surface area contributed by atoms with Crippen LogP contribution in [0.4, 0.5) is 11.4 Å². The normalized spacial score (nSPS) is 12.9. The molecule has 5 heteroatoms. The molecule has 5 nitrogen and oxygen atoms in total. The molecule has 1 aliphatic heterocycles. The van der Waals surface area contributed by atoms with Gasteiger partial charge in [-0.15, -0.1) is 0 Å². The Morgan fingerprint density at radius 3 is 2.55 bits per heavy atom. The van der Waals surface area contributed by atoms with E-state index in [0.29, 0.717) is 22.6 Å². The van der Waals surface area contributed by atoms with E-state index in [1.54, 1.807) is 6.21 Å². The first-order valence-electron chi connectivity index (χ1n) is 9.55. The Kier molecular flexibility index (Phi) is 5.35. The molecule has 0 spiro atoms. The second kappa shape index (κ2) is 8.41. The number of carbonyl (C=O) groups is 1. The molecule has 1 amide bonds. The number of aliphatic imine (C=N–C) groups is 1. The van der Waals surface area contributed by atoms with E-state index in [-0.39, 0.29) is 5.91 Å². The van der Waals surface area contributed by atoms with E-state index in [0.717, 1.165) is 30.6 Å². The van der Waals surface area contributed by atoms with E-state index in [1.807, 2.05) is 77.4 Å². The molecule has 1 aliphatic rings. The smallest absolute Gasteiger partial charge is 0.274 e. The van der Waals surface area contributed by atoms with Crippen LogP contribution < -0.4 is 5.32 Å². The van der Waals surface area contributed by atoms with Crippen LogP contribution in [0.1, 0.15) is 33.7 Å². The van der Waals surface area contributed by atoms with Crippen LogP contribution >= 0.6 is 0 Å². The van der Waals surface area contributed by atoms with Crippen molar-refractivity contribution in [2.24, 2.45) is 4.99 Å². The van der Waals surface area contributed by atoms with Crippen molar-refractivity contribution in [2.45, 2.75) is 19.4 Å². The molecule has 1 aromatic heterocycles. The molecule has 0 unspecified atom stereocenters. The third-order valence-corrected chi connectivity index (χ3v) is 4.88. The number of rotatable bonds is 5. The van der Waals surface area contributed by atoms with Gasteiger partial charge in [0, 0.05) is 24.1 Å². The number of nitrogens with zero attached hydrogens (tertiary/aromatic N) is 3. The van der Waals surface area contributed by atoms with Gasteiger partial charge in [0.1, 0.15) is 17.5 Å². The van der Waals surface area contributed by atoms with Crippen LogP contribution in [0.5, 0.6) is 0 Å². The number of nitrogens with one attached hydrogen (secondary N) is 1. The van der Waals surface area contributed by atoms with Gasteiger partial charge in [-0.3, -0.25) is 9.79 Å². The van der Waals surface area contributed by atoms with E-state index in [1.165, 1.54) is 0 Å². The van der Waals surface area contributed by atoms with E-state index in [4.69, 9.17) is 0 Å². The van der Waals surface area contributed by atoms with Gasteiger partial charge in [0.25, 0.3) is 5.91 Å². The predicted molar refractivity (Wildman–Crippen MR) is 115 cm³/mol. The van der Waals surface area contributed by atoms with E-state index < -0.39 is 0 Å². The molecule has 29 heavy (non-hydrogen) atoms. The third-order valence-electron chi connectivity index (χ3n) is 4.88. The average molecular weight is 380 g/mol. The quantitative estimate of drug-likeness (QED) is 0.635. The largest absolute Gasteiger partial charge is 0.337 e. The number of para-hydroxylation sites is 1. The molecule has 142 valence electrons. The first-order valence-corrected chi connectivity index (χ1v) is 9.55. The maximum absolute atomic E-state index is 13.0. The number of nitriles is 1. The average Bonchev–Trinajstić information content (AvgIpc) is 3.32. The lowest BCUT2D eigenvalue weighted by Crippen LogP contribution is -2.16. The van der Waals surface area contributed by atoms with E-state index >= 15 is 0 Å². The SMILES string of the molecule is N#Cc1c(N=C/C=C/c2ccccc2)c(C(=O)Nc2ccccc2)n2c1CCC2. The number of fused-ring (bicyclic) bond motifs is 1. The third kappa shape index (κ3) is 3.87. The summed E-state index contributed by atoms with van der Waals surface area (Å²) in [6, 6.07) is 21.4. The summed E-state index contributed by atoms with van der Waals surface area (Å²) in [5.41, 5.74) is 4.04. The van der Waals surface area contributed by atoms with Gasteiger partial charge in [0.2, 0.25) is 0 Å². The minimum absolute atomic E-state index is 0.250. The highest BCUT2D eigenvalue weighted by molar-refractivity contribution is 6.08. The molecule has 0 bridgehead atoms. The second-order valence-corrected chi connectivity index (χ2v) is 6.75. The van der Waals surface area contributed by atoms with E-state index in [9.17, 15) is 10.1 Å². The summed E-state index contributed by atoms with van der Waals surface area (Å²) < 4.78 is 1.93. The van der Waals surface area contributed by atoms with Crippen molar-refractivity contribution in [3.05, 3.63) is 89.3 Å². The summed E-state index contributed by atoms with van der Waals surface area (Å²) in [7, 11) is 0. The summed E-state index contributed by atoms with van der Waals surface area (Å²) in [4.78, 5) is 17.5. The Labute approximate surface area is 169 Å². The molecule has 0 saturated carbocycles. The highest BCUT2D eigenvalue weighted by Gasteiger charge is 2.29. The molecular formula is C24H20N4O. The number of carbonyl (C=O) groups excluding carboxylic acids is 1. The Morgan fingerprint density at radius 2 is 1.83 bits per heavy atom. The number of amides is 1. The fourth-order valence-electron chi connectivity index (χ4n) is 3.59. The van der Waals surface area contributed by atoms with Crippen molar-refractivity contribution in [3.63, 3.8) is 0 Å². The topological polar surface area (TPSA) is 70.2 Å². The molecule has 1 N–H and O–H groups in total. The molecule has 2 aromatic carbocycles.